The summed E-state index contributed by atoms with van der Waals surface area (Å²) >= 11 is 1.87. The van der Waals surface area contributed by atoms with Crippen LogP contribution in [0.15, 0.2) is 76.5 Å². The predicted molar refractivity (Wildman–Crippen MR) is 128 cm³/mol. The van der Waals surface area contributed by atoms with Crippen LogP contribution in [0.4, 0.5) is 0 Å². The van der Waals surface area contributed by atoms with Gasteiger partial charge in [-0.1, -0.05) is 66.4 Å². The number of β-amino-alcohol motifs (C(OH)–C–C–N with tert-alkyl or cyclic N) is 1. The number of benzene rings is 3. The molecule has 1 heterocycles. The molecule has 4 rings (SSSR count). The van der Waals surface area contributed by atoms with Crippen LogP contribution in [0.25, 0.3) is 10.8 Å². The van der Waals surface area contributed by atoms with Crippen molar-refractivity contribution in [3.8, 4) is 0 Å². The molecular weight excluding hydrogens is 423 g/mol. The minimum atomic E-state index is 0. The van der Waals surface area contributed by atoms with Gasteiger partial charge in [-0.15, -0.1) is 24.8 Å². The van der Waals surface area contributed by atoms with E-state index in [1.54, 1.807) is 0 Å². The molecule has 1 N–H and O–H groups in total. The molecule has 0 unspecified atom stereocenters. The third-order valence-electron chi connectivity index (χ3n) is 5.22. The van der Waals surface area contributed by atoms with Gasteiger partial charge in [0.05, 0.1) is 6.61 Å². The van der Waals surface area contributed by atoms with Crippen molar-refractivity contribution in [3.05, 3.63) is 72.3 Å². The highest BCUT2D eigenvalue weighted by atomic mass is 35.5. The molecule has 0 aromatic heterocycles. The van der Waals surface area contributed by atoms with Gasteiger partial charge in [0.25, 0.3) is 0 Å². The number of halogens is 2. The monoisotopic (exact) mass is 450 g/mol. The molecule has 3 nitrogen and oxygen atoms in total. The predicted octanol–water partition coefficient (Wildman–Crippen LogP) is 4.94. The van der Waals surface area contributed by atoms with Crippen molar-refractivity contribution in [2.75, 3.05) is 39.3 Å². The molecular formula is C23H28Cl2N2OS. The molecule has 0 bridgehead atoms. The Balaban J connectivity index is 0.00000150. The lowest BCUT2D eigenvalue weighted by Crippen LogP contribution is -2.46. The Hall–Kier alpha value is -1.27. The third kappa shape index (κ3) is 6.11. The molecule has 0 saturated carbocycles. The first-order valence-electron chi connectivity index (χ1n) is 9.62. The molecule has 29 heavy (non-hydrogen) atoms. The lowest BCUT2D eigenvalue weighted by Gasteiger charge is -2.34. The van der Waals surface area contributed by atoms with Crippen molar-refractivity contribution in [2.24, 2.45) is 0 Å². The van der Waals surface area contributed by atoms with Gasteiger partial charge in [-0.3, -0.25) is 9.80 Å². The van der Waals surface area contributed by atoms with E-state index in [4.69, 9.17) is 5.11 Å². The van der Waals surface area contributed by atoms with E-state index in [0.717, 1.165) is 39.3 Å². The summed E-state index contributed by atoms with van der Waals surface area (Å²) < 4.78 is 0. The molecule has 3 aromatic rings. The smallest absolute Gasteiger partial charge is 0.0558 e. The van der Waals surface area contributed by atoms with Gasteiger partial charge in [-0.25, -0.2) is 0 Å². The Morgan fingerprint density at radius 2 is 1.34 bits per heavy atom. The Kier molecular flexibility index (Phi) is 9.76. The Labute approximate surface area is 189 Å². The zero-order valence-corrected chi connectivity index (χ0v) is 18.8. The molecule has 3 aromatic carbocycles. The van der Waals surface area contributed by atoms with Gasteiger partial charge in [-0.05, 0) is 28.5 Å². The van der Waals surface area contributed by atoms with Gasteiger partial charge in [0.15, 0.2) is 0 Å². The van der Waals surface area contributed by atoms with Crippen molar-refractivity contribution >= 4 is 47.3 Å². The van der Waals surface area contributed by atoms with Crippen molar-refractivity contribution in [1.82, 2.24) is 9.80 Å². The summed E-state index contributed by atoms with van der Waals surface area (Å²) in [6, 6.07) is 23.9. The van der Waals surface area contributed by atoms with Crippen LogP contribution in [0.3, 0.4) is 0 Å². The van der Waals surface area contributed by atoms with Crippen molar-refractivity contribution in [3.63, 3.8) is 0 Å². The van der Waals surface area contributed by atoms with Gasteiger partial charge < -0.3 is 5.11 Å². The zero-order valence-electron chi connectivity index (χ0n) is 16.4. The molecule has 0 radical (unpaired) electrons. The number of hydrogen-bond donors (Lipinski definition) is 1. The molecule has 1 fully saturated rings. The van der Waals surface area contributed by atoms with E-state index in [9.17, 15) is 0 Å². The SMILES string of the molecule is Cl.Cl.OCCN1CCN(Cc2ccccc2Sc2cccc3ccccc23)CC1. The number of rotatable bonds is 6. The van der Waals surface area contributed by atoms with E-state index in [0.29, 0.717) is 0 Å². The molecule has 0 atom stereocenters. The maximum absolute atomic E-state index is 9.11. The van der Waals surface area contributed by atoms with Crippen molar-refractivity contribution in [2.45, 2.75) is 16.3 Å². The second-order valence-electron chi connectivity index (χ2n) is 7.03. The van der Waals surface area contributed by atoms with E-state index >= 15 is 0 Å². The quantitative estimate of drug-likeness (QED) is 0.574. The fraction of sp³-hybridized carbons (Fsp3) is 0.304. The van der Waals surface area contributed by atoms with Crippen LogP contribution in [0.2, 0.25) is 0 Å². The number of fused-ring (bicyclic) bond motifs is 1. The fourth-order valence-corrected chi connectivity index (χ4v) is 4.78. The second-order valence-corrected chi connectivity index (χ2v) is 8.11. The molecule has 1 aliphatic heterocycles. The standard InChI is InChI=1S/C23H26N2OS.2ClH/c26-17-16-24-12-14-25(15-13-24)18-20-7-2-4-10-22(20)27-23-11-5-8-19-6-1-3-9-21(19)23;;/h1-11,26H,12-18H2;2*1H. The molecule has 0 spiro atoms. The largest absolute Gasteiger partial charge is 0.395 e. The van der Waals surface area contributed by atoms with Gasteiger partial charge >= 0.3 is 0 Å². The van der Waals surface area contributed by atoms with Crippen LogP contribution in [0, 0.1) is 0 Å². The van der Waals surface area contributed by atoms with Crippen LogP contribution in [-0.2, 0) is 6.54 Å². The Bertz CT molecular complexity index is 895. The summed E-state index contributed by atoms with van der Waals surface area (Å²) in [7, 11) is 0. The first-order chi connectivity index (χ1) is 13.3. The van der Waals surface area contributed by atoms with Crippen LogP contribution < -0.4 is 0 Å². The number of hydrogen-bond acceptors (Lipinski definition) is 4. The Morgan fingerprint density at radius 1 is 0.724 bits per heavy atom. The number of nitrogens with zero attached hydrogens (tertiary/aromatic N) is 2. The highest BCUT2D eigenvalue weighted by molar-refractivity contribution is 7.99. The van der Waals surface area contributed by atoms with Crippen molar-refractivity contribution < 1.29 is 5.11 Å². The summed E-state index contributed by atoms with van der Waals surface area (Å²) in [5.41, 5.74) is 1.39. The normalized spacial score (nSPS) is 14.9. The fourth-order valence-electron chi connectivity index (χ4n) is 3.69. The average Bonchev–Trinajstić information content (AvgIpc) is 2.71. The molecule has 1 aliphatic rings. The third-order valence-corrected chi connectivity index (χ3v) is 6.41. The first kappa shape index (κ1) is 24.0. The lowest BCUT2D eigenvalue weighted by molar-refractivity contribution is 0.108. The number of piperazine rings is 1. The maximum atomic E-state index is 9.11. The summed E-state index contributed by atoms with van der Waals surface area (Å²) in [6.07, 6.45) is 0. The topological polar surface area (TPSA) is 26.7 Å². The van der Waals surface area contributed by atoms with E-state index in [2.05, 4.69) is 76.5 Å². The van der Waals surface area contributed by atoms with Crippen LogP contribution >= 0.6 is 36.6 Å². The lowest BCUT2D eigenvalue weighted by atomic mass is 10.1. The Morgan fingerprint density at radius 3 is 2.14 bits per heavy atom. The van der Waals surface area contributed by atoms with E-state index in [1.165, 1.54) is 26.1 Å². The van der Waals surface area contributed by atoms with Gasteiger partial charge in [-0.2, -0.15) is 0 Å². The second kappa shape index (κ2) is 11.8. The highest BCUT2D eigenvalue weighted by Crippen LogP contribution is 2.35. The zero-order chi connectivity index (χ0) is 18.5. The van der Waals surface area contributed by atoms with Crippen LogP contribution in [-0.4, -0.2) is 54.2 Å². The first-order valence-corrected chi connectivity index (χ1v) is 10.4. The minimum absolute atomic E-state index is 0. The van der Waals surface area contributed by atoms with E-state index in [1.807, 2.05) is 11.8 Å². The molecule has 1 saturated heterocycles. The molecule has 0 aliphatic carbocycles. The summed E-state index contributed by atoms with van der Waals surface area (Å²) in [4.78, 5) is 7.52. The maximum Gasteiger partial charge on any atom is 0.0558 e. The molecule has 156 valence electrons. The summed E-state index contributed by atoms with van der Waals surface area (Å²) in [6.45, 7) is 6.24. The molecule has 6 heteroatoms. The van der Waals surface area contributed by atoms with E-state index in [-0.39, 0.29) is 31.4 Å². The van der Waals surface area contributed by atoms with Crippen LogP contribution in [0.1, 0.15) is 5.56 Å². The van der Waals surface area contributed by atoms with Crippen molar-refractivity contribution in [1.29, 1.82) is 0 Å². The minimum Gasteiger partial charge on any atom is -0.395 e. The van der Waals surface area contributed by atoms with Crippen LogP contribution in [0.5, 0.6) is 0 Å². The van der Waals surface area contributed by atoms with E-state index < -0.39 is 0 Å². The number of aliphatic hydroxyl groups excluding tert-OH is 1. The van der Waals surface area contributed by atoms with Gasteiger partial charge in [0, 0.05) is 49.1 Å². The molecule has 0 amide bonds. The summed E-state index contributed by atoms with van der Waals surface area (Å²) in [5, 5.41) is 11.7. The average molecular weight is 451 g/mol. The summed E-state index contributed by atoms with van der Waals surface area (Å²) in [5.74, 6) is 0. The van der Waals surface area contributed by atoms with Gasteiger partial charge in [0.1, 0.15) is 0 Å². The van der Waals surface area contributed by atoms with Gasteiger partial charge in [0.2, 0.25) is 0 Å². The highest BCUT2D eigenvalue weighted by Gasteiger charge is 2.17. The number of aliphatic hydroxyl groups is 1.